The van der Waals surface area contributed by atoms with E-state index < -0.39 is 0 Å². The number of aromatic nitrogens is 2. The van der Waals surface area contributed by atoms with Gasteiger partial charge in [-0.25, -0.2) is 0 Å². The molecule has 0 aromatic carbocycles. The largest absolute Gasteiger partial charge is 0.320 e. The summed E-state index contributed by atoms with van der Waals surface area (Å²) >= 11 is 0. The molecule has 1 saturated heterocycles. The van der Waals surface area contributed by atoms with Crippen LogP contribution in [0, 0.1) is 0 Å². The fraction of sp³-hybridized carbons (Fsp3) is 0.556. The smallest absolute Gasteiger partial charge is 0.244 e. The predicted octanol–water partition coefficient (Wildman–Crippen LogP) is -0.127. The highest BCUT2D eigenvalue weighted by molar-refractivity contribution is 5.99. The van der Waals surface area contributed by atoms with Gasteiger partial charge in [-0.15, -0.1) is 0 Å². The van der Waals surface area contributed by atoms with Crippen molar-refractivity contribution in [2.75, 3.05) is 4.90 Å². The third-order valence-electron chi connectivity index (χ3n) is 2.56. The first-order valence-corrected chi connectivity index (χ1v) is 4.67. The Bertz CT molecular complexity index is 359. The number of carbonyl (C=O) groups excluding carboxylic acids is 1. The number of amides is 1. The van der Waals surface area contributed by atoms with Crippen molar-refractivity contribution in [3.05, 3.63) is 12.4 Å². The Morgan fingerprint density at radius 2 is 2.36 bits per heavy atom. The van der Waals surface area contributed by atoms with E-state index in [4.69, 9.17) is 5.73 Å². The van der Waals surface area contributed by atoms with Crippen LogP contribution in [-0.2, 0) is 11.8 Å². The molecule has 1 amide bonds. The Kier molecular flexibility index (Phi) is 2.03. The fourth-order valence-electron chi connectivity index (χ4n) is 1.88. The molecule has 5 heteroatoms. The second-order valence-corrected chi connectivity index (χ2v) is 3.77. The van der Waals surface area contributed by atoms with E-state index in [2.05, 4.69) is 5.10 Å². The molecule has 1 aliphatic heterocycles. The van der Waals surface area contributed by atoms with Crippen molar-refractivity contribution < 1.29 is 4.79 Å². The van der Waals surface area contributed by atoms with Gasteiger partial charge >= 0.3 is 0 Å². The average Bonchev–Trinajstić information content (AvgIpc) is 2.60. The van der Waals surface area contributed by atoms with Gasteiger partial charge in [-0.3, -0.25) is 9.48 Å². The van der Waals surface area contributed by atoms with Gasteiger partial charge in [-0.1, -0.05) is 0 Å². The molecule has 1 fully saturated rings. The van der Waals surface area contributed by atoms with Crippen LogP contribution in [0.25, 0.3) is 0 Å². The van der Waals surface area contributed by atoms with E-state index in [1.807, 2.05) is 20.2 Å². The third kappa shape index (κ3) is 1.29. The molecular formula is C9H14N4O. The summed E-state index contributed by atoms with van der Waals surface area (Å²) in [5.74, 6) is -0.00880. The molecule has 76 valence electrons. The minimum Gasteiger partial charge on any atom is -0.320 e. The van der Waals surface area contributed by atoms with Gasteiger partial charge in [0, 0.05) is 19.3 Å². The first kappa shape index (κ1) is 9.21. The second kappa shape index (κ2) is 3.09. The zero-order valence-electron chi connectivity index (χ0n) is 8.34. The van der Waals surface area contributed by atoms with Crippen LogP contribution < -0.4 is 10.6 Å². The predicted molar refractivity (Wildman–Crippen MR) is 52.7 cm³/mol. The number of rotatable bonds is 1. The minimum atomic E-state index is -0.356. The monoisotopic (exact) mass is 194 g/mol. The van der Waals surface area contributed by atoms with Gasteiger partial charge < -0.3 is 10.6 Å². The molecule has 0 saturated carbocycles. The summed E-state index contributed by atoms with van der Waals surface area (Å²) in [6, 6.07) is -0.188. The molecule has 2 N–H and O–H groups in total. The summed E-state index contributed by atoms with van der Waals surface area (Å²) in [7, 11) is 1.83. The zero-order valence-corrected chi connectivity index (χ0v) is 8.34. The number of nitrogens with zero attached hydrogens (tertiary/aromatic N) is 3. The molecular weight excluding hydrogens is 180 g/mol. The lowest BCUT2D eigenvalue weighted by Gasteiger charge is -2.18. The van der Waals surface area contributed by atoms with Gasteiger partial charge in [0.2, 0.25) is 5.91 Å². The number of carbonyl (C=O) groups is 1. The first-order valence-electron chi connectivity index (χ1n) is 4.67. The highest BCUT2D eigenvalue weighted by atomic mass is 16.2. The van der Waals surface area contributed by atoms with E-state index in [1.165, 1.54) is 0 Å². The molecule has 5 nitrogen and oxygen atoms in total. The molecule has 2 rings (SSSR count). The number of hydrogen-bond acceptors (Lipinski definition) is 3. The van der Waals surface area contributed by atoms with Crippen LogP contribution in [0.4, 0.5) is 5.69 Å². The lowest BCUT2D eigenvalue weighted by atomic mass is 10.2. The summed E-state index contributed by atoms with van der Waals surface area (Å²) in [4.78, 5) is 13.4. The molecule has 1 aromatic heterocycles. The van der Waals surface area contributed by atoms with Crippen molar-refractivity contribution in [2.45, 2.75) is 25.4 Å². The summed E-state index contributed by atoms with van der Waals surface area (Å²) in [6.07, 6.45) is 4.23. The summed E-state index contributed by atoms with van der Waals surface area (Å²) in [5, 5.41) is 4.04. The van der Waals surface area contributed by atoms with Crippen molar-refractivity contribution in [3.8, 4) is 0 Å². The highest BCUT2D eigenvalue weighted by Crippen LogP contribution is 2.24. The van der Waals surface area contributed by atoms with Crippen molar-refractivity contribution in [2.24, 2.45) is 12.8 Å². The van der Waals surface area contributed by atoms with Crippen molar-refractivity contribution in [3.63, 3.8) is 0 Å². The van der Waals surface area contributed by atoms with Crippen LogP contribution in [0.15, 0.2) is 12.4 Å². The molecule has 0 radical (unpaired) electrons. The first-order chi connectivity index (χ1) is 6.59. The second-order valence-electron chi connectivity index (χ2n) is 3.77. The Morgan fingerprint density at radius 3 is 2.79 bits per heavy atom. The summed E-state index contributed by atoms with van der Waals surface area (Å²) < 4.78 is 1.68. The minimum absolute atomic E-state index is 0.00880. The molecule has 1 aromatic rings. The van der Waals surface area contributed by atoms with Crippen LogP contribution >= 0.6 is 0 Å². The normalized spacial score (nSPS) is 27.4. The molecule has 0 aliphatic carbocycles. The molecule has 14 heavy (non-hydrogen) atoms. The Hall–Kier alpha value is -1.36. The van der Waals surface area contributed by atoms with Crippen molar-refractivity contribution >= 4 is 11.6 Å². The number of anilines is 1. The van der Waals surface area contributed by atoms with Crippen LogP contribution in [0.2, 0.25) is 0 Å². The van der Waals surface area contributed by atoms with E-state index in [0.29, 0.717) is 6.42 Å². The van der Waals surface area contributed by atoms with Gasteiger partial charge in [0.25, 0.3) is 0 Å². The summed E-state index contributed by atoms with van der Waals surface area (Å²) in [6.45, 7) is 2.00. The van der Waals surface area contributed by atoms with E-state index >= 15 is 0 Å². The lowest BCUT2D eigenvalue weighted by Crippen LogP contribution is -2.35. The molecule has 2 atom stereocenters. The Morgan fingerprint density at radius 1 is 1.64 bits per heavy atom. The molecule has 1 aliphatic rings. The molecule has 0 bridgehead atoms. The van der Waals surface area contributed by atoms with Gasteiger partial charge in [-0.2, -0.15) is 5.10 Å². The number of nitrogens with two attached hydrogens (primary N) is 1. The highest BCUT2D eigenvalue weighted by Gasteiger charge is 2.35. The van der Waals surface area contributed by atoms with Crippen LogP contribution in [0.1, 0.15) is 13.3 Å². The molecule has 0 spiro atoms. The fourth-order valence-corrected chi connectivity index (χ4v) is 1.88. The number of hydrogen-bond donors (Lipinski definition) is 1. The van der Waals surface area contributed by atoms with Crippen LogP contribution in [0.5, 0.6) is 0 Å². The van der Waals surface area contributed by atoms with Gasteiger partial charge in [-0.05, 0) is 13.3 Å². The summed E-state index contributed by atoms with van der Waals surface area (Å²) in [5.41, 5.74) is 6.52. The Balaban J connectivity index is 2.30. The maximum absolute atomic E-state index is 11.7. The van der Waals surface area contributed by atoms with Crippen molar-refractivity contribution in [1.82, 2.24) is 9.78 Å². The van der Waals surface area contributed by atoms with E-state index in [-0.39, 0.29) is 18.0 Å². The van der Waals surface area contributed by atoms with Gasteiger partial charge in [0.05, 0.1) is 17.9 Å². The maximum atomic E-state index is 11.7. The maximum Gasteiger partial charge on any atom is 0.244 e. The van der Waals surface area contributed by atoms with Gasteiger partial charge in [0.15, 0.2) is 0 Å². The van der Waals surface area contributed by atoms with Gasteiger partial charge in [0.1, 0.15) is 0 Å². The Labute approximate surface area is 82.5 Å². The zero-order chi connectivity index (χ0) is 10.3. The lowest BCUT2D eigenvalue weighted by molar-refractivity contribution is -0.118. The SMILES string of the molecule is C[C@H]1C[C@@H](N)C(=O)N1c1cnn(C)c1. The van der Waals surface area contributed by atoms with Crippen molar-refractivity contribution in [1.29, 1.82) is 0 Å². The van der Waals surface area contributed by atoms with Crippen LogP contribution in [0.3, 0.4) is 0 Å². The standard InChI is InChI=1S/C9H14N4O/c1-6-3-8(10)9(14)13(6)7-4-11-12(2)5-7/h4-6,8H,3,10H2,1-2H3/t6-,8+/m0/s1. The molecule has 2 heterocycles. The van der Waals surface area contributed by atoms with E-state index in [1.54, 1.807) is 15.8 Å². The quantitative estimate of drug-likeness (QED) is 0.677. The van der Waals surface area contributed by atoms with E-state index in [0.717, 1.165) is 5.69 Å². The number of aryl methyl sites for hydroxylation is 1. The van der Waals surface area contributed by atoms with E-state index in [9.17, 15) is 4.79 Å². The topological polar surface area (TPSA) is 64.2 Å². The van der Waals surface area contributed by atoms with Crippen LogP contribution in [-0.4, -0.2) is 27.8 Å². The third-order valence-corrected chi connectivity index (χ3v) is 2.56. The average molecular weight is 194 g/mol. The molecule has 0 unspecified atom stereocenters.